The molecule has 2 rings (SSSR count). The average molecular weight is 281 g/mol. The van der Waals surface area contributed by atoms with Gasteiger partial charge in [0.15, 0.2) is 18.2 Å². The first-order valence-corrected chi connectivity index (χ1v) is 6.90. The topological polar surface area (TPSA) is 58.6 Å². The van der Waals surface area contributed by atoms with E-state index in [1.54, 1.807) is 12.1 Å². The molecule has 0 spiro atoms. The highest BCUT2D eigenvalue weighted by Gasteiger charge is 2.33. The lowest BCUT2D eigenvalue weighted by molar-refractivity contribution is -0.123. The van der Waals surface area contributed by atoms with Gasteiger partial charge in [-0.15, -0.1) is 0 Å². The SMILES string of the molecule is O=C(COc1ccccc1F)NCC1(CO)CCCC1. The molecule has 0 unspecified atom stereocenters. The first kappa shape index (κ1) is 14.8. The van der Waals surface area contributed by atoms with E-state index in [2.05, 4.69) is 5.32 Å². The second-order valence-corrected chi connectivity index (χ2v) is 5.36. The Morgan fingerprint density at radius 1 is 1.35 bits per heavy atom. The van der Waals surface area contributed by atoms with Crippen LogP contribution in [0.2, 0.25) is 0 Å². The number of para-hydroxylation sites is 1. The molecule has 1 aliphatic rings. The highest BCUT2D eigenvalue weighted by atomic mass is 19.1. The van der Waals surface area contributed by atoms with E-state index in [1.165, 1.54) is 12.1 Å². The molecule has 0 heterocycles. The Balaban J connectivity index is 1.77. The second-order valence-electron chi connectivity index (χ2n) is 5.36. The molecule has 2 N–H and O–H groups in total. The molecule has 1 saturated carbocycles. The Morgan fingerprint density at radius 2 is 2.05 bits per heavy atom. The summed E-state index contributed by atoms with van der Waals surface area (Å²) in [7, 11) is 0. The number of carbonyl (C=O) groups is 1. The van der Waals surface area contributed by atoms with Crippen molar-refractivity contribution in [3.63, 3.8) is 0 Å². The summed E-state index contributed by atoms with van der Waals surface area (Å²) >= 11 is 0. The highest BCUT2D eigenvalue weighted by Crippen LogP contribution is 2.36. The predicted molar refractivity (Wildman–Crippen MR) is 72.9 cm³/mol. The number of hydrogen-bond acceptors (Lipinski definition) is 3. The molecule has 5 heteroatoms. The molecule has 20 heavy (non-hydrogen) atoms. The van der Waals surface area contributed by atoms with Gasteiger partial charge in [-0.25, -0.2) is 4.39 Å². The van der Waals surface area contributed by atoms with Gasteiger partial charge in [0.05, 0.1) is 6.61 Å². The summed E-state index contributed by atoms with van der Waals surface area (Å²) in [6.07, 6.45) is 4.03. The van der Waals surface area contributed by atoms with Crippen molar-refractivity contribution in [2.45, 2.75) is 25.7 Å². The maximum Gasteiger partial charge on any atom is 0.257 e. The van der Waals surface area contributed by atoms with Crippen LogP contribution in [0, 0.1) is 11.2 Å². The number of aliphatic hydroxyl groups excluding tert-OH is 1. The number of halogens is 1. The van der Waals surface area contributed by atoms with Crippen molar-refractivity contribution in [1.82, 2.24) is 5.32 Å². The lowest BCUT2D eigenvalue weighted by atomic mass is 9.87. The van der Waals surface area contributed by atoms with E-state index in [1.807, 2.05) is 0 Å². The van der Waals surface area contributed by atoms with Gasteiger partial charge in [-0.05, 0) is 25.0 Å². The summed E-state index contributed by atoms with van der Waals surface area (Å²) < 4.78 is 18.4. The number of carbonyl (C=O) groups excluding carboxylic acids is 1. The van der Waals surface area contributed by atoms with E-state index in [4.69, 9.17) is 4.74 Å². The molecule has 0 radical (unpaired) electrons. The zero-order valence-corrected chi connectivity index (χ0v) is 11.4. The van der Waals surface area contributed by atoms with Gasteiger partial charge >= 0.3 is 0 Å². The van der Waals surface area contributed by atoms with Crippen molar-refractivity contribution in [1.29, 1.82) is 0 Å². The predicted octanol–water partition coefficient (Wildman–Crippen LogP) is 1.87. The van der Waals surface area contributed by atoms with Crippen molar-refractivity contribution < 1.29 is 19.0 Å². The zero-order chi connectivity index (χ0) is 14.4. The largest absolute Gasteiger partial charge is 0.481 e. The molecule has 1 aliphatic carbocycles. The quantitative estimate of drug-likeness (QED) is 0.837. The summed E-state index contributed by atoms with van der Waals surface area (Å²) in [6.45, 7) is 0.312. The van der Waals surface area contributed by atoms with Crippen LogP contribution in [-0.2, 0) is 4.79 Å². The van der Waals surface area contributed by atoms with Gasteiger partial charge in [0.25, 0.3) is 5.91 Å². The minimum atomic E-state index is -0.483. The maximum atomic E-state index is 13.3. The van der Waals surface area contributed by atoms with Gasteiger partial charge in [-0.2, -0.15) is 0 Å². The van der Waals surface area contributed by atoms with E-state index in [9.17, 15) is 14.3 Å². The van der Waals surface area contributed by atoms with Crippen LogP contribution in [0.25, 0.3) is 0 Å². The monoisotopic (exact) mass is 281 g/mol. The summed E-state index contributed by atoms with van der Waals surface area (Å²) in [5.41, 5.74) is -0.187. The molecule has 0 saturated heterocycles. The van der Waals surface area contributed by atoms with Crippen LogP contribution in [0.1, 0.15) is 25.7 Å². The lowest BCUT2D eigenvalue weighted by Gasteiger charge is -2.26. The minimum absolute atomic E-state index is 0.0698. The molecule has 1 fully saturated rings. The molecule has 110 valence electrons. The molecule has 0 aromatic heterocycles. The Bertz CT molecular complexity index is 458. The molecule has 0 aliphatic heterocycles. The molecule has 0 atom stereocenters. The number of nitrogens with one attached hydrogen (secondary N) is 1. The van der Waals surface area contributed by atoms with Gasteiger partial charge in [0, 0.05) is 12.0 Å². The standard InChI is InChI=1S/C15H20FNO3/c16-12-5-1-2-6-13(12)20-9-14(19)17-10-15(11-18)7-3-4-8-15/h1-2,5-6,18H,3-4,7-11H2,(H,17,19). The Morgan fingerprint density at radius 3 is 2.70 bits per heavy atom. The molecule has 1 amide bonds. The van der Waals surface area contributed by atoms with E-state index >= 15 is 0 Å². The molecule has 4 nitrogen and oxygen atoms in total. The Labute approximate surface area is 117 Å². The van der Waals surface area contributed by atoms with Gasteiger partial charge in [0.2, 0.25) is 0 Å². The number of benzene rings is 1. The van der Waals surface area contributed by atoms with E-state index in [0.29, 0.717) is 6.54 Å². The van der Waals surface area contributed by atoms with Crippen molar-refractivity contribution in [2.75, 3.05) is 19.8 Å². The number of amides is 1. The third-order valence-electron chi connectivity index (χ3n) is 3.86. The number of aliphatic hydroxyl groups is 1. The van der Waals surface area contributed by atoms with Crippen LogP contribution in [0.15, 0.2) is 24.3 Å². The third-order valence-corrected chi connectivity index (χ3v) is 3.86. The number of rotatable bonds is 6. The van der Waals surface area contributed by atoms with Crippen molar-refractivity contribution in [3.8, 4) is 5.75 Å². The fourth-order valence-corrected chi connectivity index (χ4v) is 2.56. The van der Waals surface area contributed by atoms with Crippen LogP contribution in [0.4, 0.5) is 4.39 Å². The molecular formula is C15H20FNO3. The fraction of sp³-hybridized carbons (Fsp3) is 0.533. The third kappa shape index (κ3) is 3.70. The Kier molecular flexibility index (Phi) is 4.95. The summed E-state index contributed by atoms with van der Waals surface area (Å²) in [5, 5.41) is 12.2. The summed E-state index contributed by atoms with van der Waals surface area (Å²) in [4.78, 5) is 11.7. The van der Waals surface area contributed by atoms with Crippen molar-refractivity contribution in [3.05, 3.63) is 30.1 Å². The highest BCUT2D eigenvalue weighted by molar-refractivity contribution is 5.77. The first-order valence-electron chi connectivity index (χ1n) is 6.90. The van der Waals surface area contributed by atoms with Crippen LogP contribution < -0.4 is 10.1 Å². The summed E-state index contributed by atoms with van der Waals surface area (Å²) in [6, 6.07) is 5.98. The van der Waals surface area contributed by atoms with E-state index in [0.717, 1.165) is 25.7 Å². The van der Waals surface area contributed by atoms with Crippen molar-refractivity contribution in [2.24, 2.45) is 5.41 Å². The maximum absolute atomic E-state index is 13.3. The van der Waals surface area contributed by atoms with Crippen LogP contribution >= 0.6 is 0 Å². The minimum Gasteiger partial charge on any atom is -0.481 e. The van der Waals surface area contributed by atoms with Gasteiger partial charge in [0.1, 0.15) is 0 Å². The molecule has 1 aromatic rings. The molecular weight excluding hydrogens is 261 g/mol. The number of hydrogen-bond donors (Lipinski definition) is 2. The summed E-state index contributed by atoms with van der Waals surface area (Å²) in [5.74, 6) is -0.712. The van der Waals surface area contributed by atoms with Crippen LogP contribution in [0.5, 0.6) is 5.75 Å². The van der Waals surface area contributed by atoms with Crippen LogP contribution in [-0.4, -0.2) is 30.8 Å². The first-order chi connectivity index (χ1) is 9.65. The average Bonchev–Trinajstić information content (AvgIpc) is 2.94. The van der Waals surface area contributed by atoms with Gasteiger partial charge in [-0.3, -0.25) is 4.79 Å². The normalized spacial score (nSPS) is 16.9. The van der Waals surface area contributed by atoms with Gasteiger partial charge < -0.3 is 15.2 Å². The van der Waals surface area contributed by atoms with Gasteiger partial charge in [-0.1, -0.05) is 25.0 Å². The van der Waals surface area contributed by atoms with E-state index in [-0.39, 0.29) is 30.3 Å². The van der Waals surface area contributed by atoms with E-state index < -0.39 is 5.82 Å². The Hall–Kier alpha value is -1.62. The van der Waals surface area contributed by atoms with Crippen molar-refractivity contribution >= 4 is 5.91 Å². The fourth-order valence-electron chi connectivity index (χ4n) is 2.56. The number of ether oxygens (including phenoxy) is 1. The molecule has 0 bridgehead atoms. The molecule has 1 aromatic carbocycles. The zero-order valence-electron chi connectivity index (χ0n) is 11.4. The second kappa shape index (κ2) is 6.70. The smallest absolute Gasteiger partial charge is 0.257 e. The van der Waals surface area contributed by atoms with Crippen LogP contribution in [0.3, 0.4) is 0 Å². The lowest BCUT2D eigenvalue weighted by Crippen LogP contribution is -2.40.